The number of hydrogen-bond acceptors (Lipinski definition) is 7. The minimum absolute atomic E-state index is 0.0556. The molecule has 3 heterocycles. The van der Waals surface area contributed by atoms with Gasteiger partial charge in [0.2, 0.25) is 5.90 Å². The van der Waals surface area contributed by atoms with E-state index in [4.69, 9.17) is 32.7 Å². The maximum Gasteiger partial charge on any atom is 0.363 e. The number of aliphatic imine (C=N–C) groups is 1. The van der Waals surface area contributed by atoms with Crippen LogP contribution in [-0.2, 0) is 9.53 Å². The third-order valence-electron chi connectivity index (χ3n) is 5.79. The van der Waals surface area contributed by atoms with Crippen molar-refractivity contribution in [3.05, 3.63) is 102 Å². The number of carbonyl (C=O) groups excluding carboxylic acids is 2. The molecular weight excluding hydrogens is 629 g/mol. The Morgan fingerprint density at radius 3 is 2.61 bits per heavy atom. The number of aryl methyl sites for hydroxylation is 1. The van der Waals surface area contributed by atoms with Crippen molar-refractivity contribution in [1.82, 2.24) is 0 Å². The van der Waals surface area contributed by atoms with E-state index in [-0.39, 0.29) is 17.3 Å². The molecule has 0 saturated carbocycles. The molecule has 3 aromatic carbocycles. The lowest BCUT2D eigenvalue weighted by atomic mass is 10.1. The summed E-state index contributed by atoms with van der Waals surface area (Å²) in [6.45, 7) is 2.00. The maximum absolute atomic E-state index is 13.1. The Hall–Kier alpha value is -3.01. The van der Waals surface area contributed by atoms with E-state index in [0.29, 0.717) is 25.4 Å². The first-order valence-electron chi connectivity index (χ1n) is 11.2. The largest absolute Gasteiger partial charge is 0.422 e. The van der Waals surface area contributed by atoms with E-state index >= 15 is 0 Å². The second-order valence-electron chi connectivity index (χ2n) is 8.39. The molecule has 2 aromatic heterocycles. The molecule has 0 spiro atoms. The highest BCUT2D eigenvalue weighted by molar-refractivity contribution is 9.10. The van der Waals surface area contributed by atoms with Crippen molar-refractivity contribution in [2.75, 3.05) is 0 Å². The predicted molar refractivity (Wildman–Crippen MR) is 158 cm³/mol. The van der Waals surface area contributed by atoms with Gasteiger partial charge in [0, 0.05) is 30.2 Å². The molecule has 38 heavy (non-hydrogen) atoms. The third-order valence-corrected chi connectivity index (χ3v) is 9.58. The van der Waals surface area contributed by atoms with Gasteiger partial charge in [-0.3, -0.25) is 0 Å². The summed E-state index contributed by atoms with van der Waals surface area (Å²) >= 11 is 19.2. The fourth-order valence-electron chi connectivity index (χ4n) is 3.98. The minimum Gasteiger partial charge on any atom is -0.422 e. The fraction of sp³-hybridized carbons (Fsp3) is 0.0357. The Morgan fingerprint density at radius 2 is 1.79 bits per heavy atom. The van der Waals surface area contributed by atoms with Crippen molar-refractivity contribution in [2.24, 2.45) is 4.99 Å². The highest BCUT2D eigenvalue weighted by atomic mass is 79.9. The summed E-state index contributed by atoms with van der Waals surface area (Å²) < 4.78 is 13.8. The number of benzene rings is 3. The third kappa shape index (κ3) is 4.57. The van der Waals surface area contributed by atoms with Crippen molar-refractivity contribution in [2.45, 2.75) is 6.92 Å². The van der Waals surface area contributed by atoms with Gasteiger partial charge in [0.15, 0.2) is 5.70 Å². The van der Waals surface area contributed by atoms with E-state index in [1.165, 1.54) is 28.7 Å². The molecule has 5 aromatic rings. The number of hydrogen-bond donors (Lipinski definition) is 0. The average molecular weight is 643 g/mol. The van der Waals surface area contributed by atoms with Gasteiger partial charge >= 0.3 is 11.9 Å². The van der Waals surface area contributed by atoms with Gasteiger partial charge in [0.1, 0.15) is 15.5 Å². The van der Waals surface area contributed by atoms with E-state index in [0.717, 1.165) is 30.2 Å². The van der Waals surface area contributed by atoms with E-state index < -0.39 is 11.9 Å². The number of cyclic esters (lactones) is 1. The first-order chi connectivity index (χ1) is 18.3. The van der Waals surface area contributed by atoms with Crippen LogP contribution in [0.5, 0.6) is 5.75 Å². The summed E-state index contributed by atoms with van der Waals surface area (Å²) in [7, 11) is 0. The van der Waals surface area contributed by atoms with Crippen LogP contribution in [0.3, 0.4) is 0 Å². The summed E-state index contributed by atoms with van der Waals surface area (Å²) in [5, 5.41) is 2.48. The molecule has 10 heteroatoms. The quantitative estimate of drug-likeness (QED) is 0.111. The van der Waals surface area contributed by atoms with Crippen LogP contribution in [0, 0.1) is 6.92 Å². The lowest BCUT2D eigenvalue weighted by Crippen LogP contribution is -2.08. The van der Waals surface area contributed by atoms with E-state index in [9.17, 15) is 9.59 Å². The van der Waals surface area contributed by atoms with Crippen LogP contribution in [0.2, 0.25) is 10.0 Å². The molecule has 188 valence electrons. The summed E-state index contributed by atoms with van der Waals surface area (Å²) in [6, 6.07) is 18.5. The second kappa shape index (κ2) is 9.94. The SMILES string of the molecule is Cc1ccc2c(Cl)c(C3=N/C(=C/c4cc(Br)ccc4OC(=O)c4sc5ccccc5c4Cl)C(=O)O3)sc2c1. The molecule has 0 unspecified atom stereocenters. The van der Waals surface area contributed by atoms with Crippen molar-refractivity contribution in [1.29, 1.82) is 0 Å². The van der Waals surface area contributed by atoms with Crippen LogP contribution in [0.4, 0.5) is 0 Å². The lowest BCUT2D eigenvalue weighted by Gasteiger charge is -2.08. The molecule has 0 atom stereocenters. The minimum atomic E-state index is -0.630. The first kappa shape index (κ1) is 25.3. The standard InChI is InChI=1S/C28H14BrCl2NO4S2/c1-13-6-8-17-21(10-13)38-24(22(17)30)26-32-18(27(33)36-26)12-14-11-15(29)7-9-19(14)35-28(34)25-23(31)16-4-2-3-5-20(16)37-25/h2-12H,1H3/b18-12+. The van der Waals surface area contributed by atoms with Crippen LogP contribution in [0.15, 0.2) is 75.8 Å². The summed E-state index contributed by atoms with van der Waals surface area (Å²) in [4.78, 5) is 31.1. The van der Waals surface area contributed by atoms with E-state index in [2.05, 4.69) is 20.9 Å². The highest BCUT2D eigenvalue weighted by Crippen LogP contribution is 2.39. The summed E-state index contributed by atoms with van der Waals surface area (Å²) in [5.74, 6) is -0.847. The van der Waals surface area contributed by atoms with Gasteiger partial charge in [0.05, 0.1) is 10.0 Å². The predicted octanol–water partition coefficient (Wildman–Crippen LogP) is 9.06. The summed E-state index contributed by atoms with van der Waals surface area (Å²) in [5.41, 5.74) is 1.61. The average Bonchev–Trinajstić information content (AvgIpc) is 3.54. The Morgan fingerprint density at radius 1 is 1.00 bits per heavy atom. The van der Waals surface area contributed by atoms with Crippen LogP contribution in [0.1, 0.15) is 25.7 Å². The maximum atomic E-state index is 13.1. The number of carbonyl (C=O) groups is 2. The first-order valence-corrected chi connectivity index (χ1v) is 14.4. The number of thiophene rings is 2. The molecule has 0 radical (unpaired) electrons. The number of halogens is 3. The molecule has 0 N–H and O–H groups in total. The molecule has 1 aliphatic rings. The van der Waals surface area contributed by atoms with E-state index in [1.807, 2.05) is 49.4 Å². The highest BCUT2D eigenvalue weighted by Gasteiger charge is 2.29. The molecule has 6 rings (SSSR count). The smallest absolute Gasteiger partial charge is 0.363 e. The number of fused-ring (bicyclic) bond motifs is 2. The number of ether oxygens (including phenoxy) is 2. The molecule has 0 saturated heterocycles. The van der Waals surface area contributed by atoms with Gasteiger partial charge in [-0.2, -0.15) is 0 Å². The number of rotatable bonds is 4. The zero-order chi connectivity index (χ0) is 26.6. The fourth-order valence-corrected chi connectivity index (χ4v) is 7.28. The van der Waals surface area contributed by atoms with Gasteiger partial charge in [0.25, 0.3) is 0 Å². The molecule has 0 bridgehead atoms. The molecule has 0 amide bonds. The lowest BCUT2D eigenvalue weighted by molar-refractivity contribution is -0.129. The van der Waals surface area contributed by atoms with E-state index in [1.54, 1.807) is 18.2 Å². The van der Waals surface area contributed by atoms with Crippen molar-refractivity contribution in [3.63, 3.8) is 0 Å². The van der Waals surface area contributed by atoms with Crippen LogP contribution in [-0.4, -0.2) is 17.8 Å². The zero-order valence-corrected chi connectivity index (χ0v) is 24.1. The van der Waals surface area contributed by atoms with Gasteiger partial charge in [-0.05, 0) is 48.9 Å². The Bertz CT molecular complexity index is 1870. The Kier molecular flexibility index (Phi) is 6.62. The van der Waals surface area contributed by atoms with Crippen LogP contribution in [0.25, 0.3) is 26.2 Å². The summed E-state index contributed by atoms with van der Waals surface area (Å²) in [6.07, 6.45) is 1.51. The van der Waals surface area contributed by atoms with Crippen molar-refractivity contribution < 1.29 is 19.1 Å². The van der Waals surface area contributed by atoms with Gasteiger partial charge in [-0.25, -0.2) is 14.6 Å². The molecule has 0 fully saturated rings. The van der Waals surface area contributed by atoms with Gasteiger partial charge in [-0.15, -0.1) is 22.7 Å². The monoisotopic (exact) mass is 641 g/mol. The molecular formula is C28H14BrCl2NO4S2. The zero-order valence-electron chi connectivity index (χ0n) is 19.4. The molecule has 0 aliphatic carbocycles. The molecule has 1 aliphatic heterocycles. The van der Waals surface area contributed by atoms with Gasteiger partial charge in [-0.1, -0.05) is 69.5 Å². The Labute approximate surface area is 243 Å². The number of esters is 2. The van der Waals surface area contributed by atoms with Gasteiger partial charge < -0.3 is 9.47 Å². The molecule has 5 nitrogen and oxygen atoms in total. The van der Waals surface area contributed by atoms with Crippen molar-refractivity contribution >= 4 is 106 Å². The topological polar surface area (TPSA) is 65.0 Å². The van der Waals surface area contributed by atoms with Crippen molar-refractivity contribution in [3.8, 4) is 5.75 Å². The normalized spacial score (nSPS) is 14.4. The Balaban J connectivity index is 1.35. The second-order valence-corrected chi connectivity index (χ2v) is 12.2. The van der Waals surface area contributed by atoms with Crippen LogP contribution >= 0.6 is 61.8 Å². The number of nitrogens with zero attached hydrogens (tertiary/aromatic N) is 1. The van der Waals surface area contributed by atoms with Crippen LogP contribution < -0.4 is 4.74 Å².